The molecule has 0 radical (unpaired) electrons. The number of hydrogen-bond donors (Lipinski definition) is 1. The van der Waals surface area contributed by atoms with E-state index in [1.165, 1.54) is 19.3 Å². The van der Waals surface area contributed by atoms with Gasteiger partial charge in [0.05, 0.1) is 23.5 Å². The molecule has 0 spiro atoms. The second-order valence-corrected chi connectivity index (χ2v) is 5.22. The number of ether oxygens (including phenoxy) is 1. The fourth-order valence-electron chi connectivity index (χ4n) is 2.04. The molecular formula is C16H26N2O2. The van der Waals surface area contributed by atoms with Crippen LogP contribution in [0, 0.1) is 0 Å². The third-order valence-electron chi connectivity index (χ3n) is 3.23. The van der Waals surface area contributed by atoms with Gasteiger partial charge in [-0.15, -0.1) is 0 Å². The zero-order valence-electron chi connectivity index (χ0n) is 12.8. The second kappa shape index (κ2) is 8.46. The van der Waals surface area contributed by atoms with Gasteiger partial charge in [0.2, 0.25) is 0 Å². The summed E-state index contributed by atoms with van der Waals surface area (Å²) in [6.07, 6.45) is 5.71. The molecule has 0 heterocycles. The van der Waals surface area contributed by atoms with Crippen LogP contribution in [-0.2, 0) is 4.74 Å². The molecule has 0 saturated carbocycles. The van der Waals surface area contributed by atoms with Crippen molar-refractivity contribution in [2.75, 3.05) is 31.3 Å². The molecule has 0 atom stereocenters. The first kappa shape index (κ1) is 16.3. The zero-order chi connectivity index (χ0) is 15.0. The highest BCUT2D eigenvalue weighted by Gasteiger charge is 2.10. The molecule has 4 nitrogen and oxygen atoms in total. The second-order valence-electron chi connectivity index (χ2n) is 5.22. The minimum atomic E-state index is -0.294. The average molecular weight is 278 g/mol. The Hall–Kier alpha value is -1.71. The lowest BCUT2D eigenvalue weighted by molar-refractivity contribution is 0.0498. The van der Waals surface area contributed by atoms with Crippen molar-refractivity contribution in [3.63, 3.8) is 0 Å². The normalized spacial score (nSPS) is 10.3. The van der Waals surface area contributed by atoms with Gasteiger partial charge < -0.3 is 15.4 Å². The van der Waals surface area contributed by atoms with Crippen LogP contribution in [0.5, 0.6) is 0 Å². The number of carbonyl (C=O) groups is 1. The lowest BCUT2D eigenvalue weighted by Crippen LogP contribution is -2.12. The maximum atomic E-state index is 11.9. The first-order valence-corrected chi connectivity index (χ1v) is 7.30. The Morgan fingerprint density at radius 1 is 1.20 bits per heavy atom. The molecule has 0 aliphatic carbocycles. The SMILES string of the molecule is CCCCCCCOC(=O)c1ccc(N(C)C)c(N)c1. The minimum Gasteiger partial charge on any atom is -0.462 e. The van der Waals surface area contributed by atoms with Crippen LogP contribution >= 0.6 is 0 Å². The number of unbranched alkanes of at least 4 members (excludes halogenated alkanes) is 4. The van der Waals surface area contributed by atoms with Crippen LogP contribution in [0.1, 0.15) is 49.4 Å². The van der Waals surface area contributed by atoms with Crippen molar-refractivity contribution in [1.82, 2.24) is 0 Å². The van der Waals surface area contributed by atoms with Crippen molar-refractivity contribution in [2.24, 2.45) is 0 Å². The highest BCUT2D eigenvalue weighted by atomic mass is 16.5. The number of nitrogen functional groups attached to an aromatic ring is 1. The zero-order valence-corrected chi connectivity index (χ0v) is 12.8. The van der Waals surface area contributed by atoms with Crippen molar-refractivity contribution >= 4 is 17.3 Å². The van der Waals surface area contributed by atoms with Crippen LogP contribution in [0.25, 0.3) is 0 Å². The van der Waals surface area contributed by atoms with Gasteiger partial charge in [0.1, 0.15) is 0 Å². The lowest BCUT2D eigenvalue weighted by Gasteiger charge is -2.15. The van der Waals surface area contributed by atoms with Gasteiger partial charge >= 0.3 is 5.97 Å². The van der Waals surface area contributed by atoms with Gasteiger partial charge in [-0.1, -0.05) is 32.6 Å². The van der Waals surface area contributed by atoms with E-state index in [-0.39, 0.29) is 5.97 Å². The summed E-state index contributed by atoms with van der Waals surface area (Å²) in [5, 5.41) is 0. The molecule has 2 N–H and O–H groups in total. The van der Waals surface area contributed by atoms with E-state index in [2.05, 4.69) is 6.92 Å². The van der Waals surface area contributed by atoms with Crippen LogP contribution in [-0.4, -0.2) is 26.7 Å². The minimum absolute atomic E-state index is 0.294. The number of hydrogen-bond acceptors (Lipinski definition) is 4. The predicted molar refractivity (Wildman–Crippen MR) is 84.2 cm³/mol. The summed E-state index contributed by atoms with van der Waals surface area (Å²) < 4.78 is 5.26. The molecule has 0 unspecified atom stereocenters. The van der Waals surface area contributed by atoms with Crippen molar-refractivity contribution in [2.45, 2.75) is 39.0 Å². The number of anilines is 2. The Morgan fingerprint density at radius 2 is 1.90 bits per heavy atom. The summed E-state index contributed by atoms with van der Waals surface area (Å²) in [5.74, 6) is -0.294. The van der Waals surface area contributed by atoms with E-state index in [4.69, 9.17) is 10.5 Å². The van der Waals surface area contributed by atoms with Gasteiger partial charge in [-0.05, 0) is 24.6 Å². The topological polar surface area (TPSA) is 55.6 Å². The van der Waals surface area contributed by atoms with Crippen molar-refractivity contribution in [1.29, 1.82) is 0 Å². The molecule has 0 fully saturated rings. The molecule has 20 heavy (non-hydrogen) atoms. The molecule has 0 saturated heterocycles. The molecular weight excluding hydrogens is 252 g/mol. The number of rotatable bonds is 8. The number of carbonyl (C=O) groups excluding carboxylic acids is 1. The largest absolute Gasteiger partial charge is 0.462 e. The Balaban J connectivity index is 2.42. The first-order valence-electron chi connectivity index (χ1n) is 7.30. The Kier molecular flexibility index (Phi) is 6.91. The molecule has 112 valence electrons. The van der Waals surface area contributed by atoms with Crippen molar-refractivity contribution in [3.8, 4) is 0 Å². The lowest BCUT2D eigenvalue weighted by atomic mass is 10.1. The number of esters is 1. The summed E-state index contributed by atoms with van der Waals surface area (Å²) in [7, 11) is 3.83. The quantitative estimate of drug-likeness (QED) is 0.449. The number of benzene rings is 1. The fraction of sp³-hybridized carbons (Fsp3) is 0.562. The molecule has 0 aliphatic rings. The summed E-state index contributed by atoms with van der Waals surface area (Å²) in [6, 6.07) is 5.27. The van der Waals surface area contributed by atoms with Crippen molar-refractivity contribution in [3.05, 3.63) is 23.8 Å². The summed E-state index contributed by atoms with van der Waals surface area (Å²) in [5.41, 5.74) is 7.93. The maximum absolute atomic E-state index is 11.9. The van der Waals surface area contributed by atoms with E-state index >= 15 is 0 Å². The number of nitrogens with two attached hydrogens (primary N) is 1. The summed E-state index contributed by atoms with van der Waals surface area (Å²) in [4.78, 5) is 13.8. The van der Waals surface area contributed by atoms with E-state index in [0.717, 1.165) is 18.5 Å². The Bertz CT molecular complexity index is 430. The summed E-state index contributed by atoms with van der Waals surface area (Å²) >= 11 is 0. The smallest absolute Gasteiger partial charge is 0.338 e. The van der Waals surface area contributed by atoms with Gasteiger partial charge in [-0.25, -0.2) is 4.79 Å². The van der Waals surface area contributed by atoms with Crippen LogP contribution in [0.4, 0.5) is 11.4 Å². The van der Waals surface area contributed by atoms with Crippen LogP contribution in [0.15, 0.2) is 18.2 Å². The van der Waals surface area contributed by atoms with E-state index < -0.39 is 0 Å². The molecule has 0 amide bonds. The van der Waals surface area contributed by atoms with E-state index in [0.29, 0.717) is 17.9 Å². The maximum Gasteiger partial charge on any atom is 0.338 e. The molecule has 4 heteroatoms. The molecule has 1 aromatic carbocycles. The molecule has 0 bridgehead atoms. The first-order chi connectivity index (χ1) is 9.56. The molecule has 1 aromatic rings. The fourth-order valence-corrected chi connectivity index (χ4v) is 2.04. The Morgan fingerprint density at radius 3 is 2.50 bits per heavy atom. The van der Waals surface area contributed by atoms with Crippen LogP contribution < -0.4 is 10.6 Å². The third kappa shape index (κ3) is 5.11. The molecule has 1 rings (SSSR count). The Labute approximate surface area is 121 Å². The van der Waals surface area contributed by atoms with Gasteiger partial charge in [0.25, 0.3) is 0 Å². The standard InChI is InChI=1S/C16H26N2O2/c1-4-5-6-7-8-11-20-16(19)13-9-10-15(18(2)3)14(17)12-13/h9-10,12H,4-8,11,17H2,1-3H3. The van der Waals surface area contributed by atoms with E-state index in [1.807, 2.05) is 25.1 Å². The van der Waals surface area contributed by atoms with E-state index in [9.17, 15) is 4.79 Å². The monoisotopic (exact) mass is 278 g/mol. The highest BCUT2D eigenvalue weighted by Crippen LogP contribution is 2.22. The third-order valence-corrected chi connectivity index (χ3v) is 3.23. The van der Waals surface area contributed by atoms with Crippen LogP contribution in [0.2, 0.25) is 0 Å². The van der Waals surface area contributed by atoms with Gasteiger partial charge in [0.15, 0.2) is 0 Å². The average Bonchev–Trinajstić information content (AvgIpc) is 2.41. The highest BCUT2D eigenvalue weighted by molar-refractivity contribution is 5.92. The van der Waals surface area contributed by atoms with Crippen molar-refractivity contribution < 1.29 is 9.53 Å². The van der Waals surface area contributed by atoms with Crippen LogP contribution in [0.3, 0.4) is 0 Å². The van der Waals surface area contributed by atoms with Gasteiger partial charge in [0, 0.05) is 14.1 Å². The van der Waals surface area contributed by atoms with E-state index in [1.54, 1.807) is 12.1 Å². The molecule has 0 aromatic heterocycles. The number of nitrogens with zero attached hydrogens (tertiary/aromatic N) is 1. The predicted octanol–water partition coefficient (Wildman–Crippen LogP) is 3.46. The van der Waals surface area contributed by atoms with Gasteiger partial charge in [-0.3, -0.25) is 0 Å². The molecule has 0 aliphatic heterocycles. The summed E-state index contributed by atoms with van der Waals surface area (Å²) in [6.45, 7) is 2.67. The van der Waals surface area contributed by atoms with Gasteiger partial charge in [-0.2, -0.15) is 0 Å².